The number of rotatable bonds is 0. The van der Waals surface area contributed by atoms with Crippen LogP contribution in [0.25, 0.3) is 0 Å². The molecule has 0 aliphatic heterocycles. The second kappa shape index (κ2) is 11.0. The molecule has 0 atom stereocenters. The molecule has 0 radical (unpaired) electrons. The Bertz CT molecular complexity index is 1550. The molecule has 10 nitrogen and oxygen atoms in total. The van der Waals surface area contributed by atoms with Crippen molar-refractivity contribution in [1.82, 2.24) is 0 Å². The van der Waals surface area contributed by atoms with Gasteiger partial charge >= 0.3 is 0 Å². The van der Waals surface area contributed by atoms with Crippen molar-refractivity contribution >= 4 is 0 Å². The normalized spacial score (nSPS) is 12.9. The fraction of sp³-hybridized carbons (Fsp3) is 0.143. The SMILES string of the molecule is Oc1cc2c(O)c(c1)Cc1cc(O)cc(c1O)Cc1cc(O)cc(c1O)Cc1cc(O)cc(c1O)Cc1cc(O)cc(c1O)C2. The van der Waals surface area contributed by atoms with Crippen LogP contribution in [0.4, 0.5) is 0 Å². The molecule has 10 N–H and O–H groups in total. The highest BCUT2D eigenvalue weighted by Gasteiger charge is 2.22. The molecule has 10 heteroatoms. The average Bonchev–Trinajstić information content (AvgIpc) is 2.96. The molecular weight excluding hydrogens is 580 g/mol. The Morgan fingerprint density at radius 1 is 0.222 bits per heavy atom. The maximum atomic E-state index is 11.2. The first-order valence-electron chi connectivity index (χ1n) is 14.0. The van der Waals surface area contributed by atoms with Gasteiger partial charge in [-0.05, 0) is 60.7 Å². The predicted octanol–water partition coefficient (Wildman–Crippen LogP) is 5.01. The van der Waals surface area contributed by atoms with Gasteiger partial charge in [-0.25, -0.2) is 0 Å². The largest absolute Gasteiger partial charge is 0.508 e. The van der Waals surface area contributed by atoms with Crippen molar-refractivity contribution in [3.63, 3.8) is 0 Å². The lowest BCUT2D eigenvalue weighted by molar-refractivity contribution is 0.436. The van der Waals surface area contributed by atoms with Gasteiger partial charge in [0.05, 0.1) is 0 Å². The molecule has 0 saturated carbocycles. The summed E-state index contributed by atoms with van der Waals surface area (Å²) < 4.78 is 0. The Kier molecular flexibility index (Phi) is 7.12. The van der Waals surface area contributed by atoms with Crippen LogP contribution in [0.2, 0.25) is 0 Å². The fourth-order valence-electron chi connectivity index (χ4n) is 6.08. The van der Waals surface area contributed by atoms with Crippen LogP contribution < -0.4 is 0 Å². The smallest absolute Gasteiger partial charge is 0.122 e. The molecule has 0 saturated heterocycles. The van der Waals surface area contributed by atoms with Gasteiger partial charge in [0.15, 0.2) is 0 Å². The minimum absolute atomic E-state index is 0.119. The molecule has 0 amide bonds. The molecule has 1 aliphatic carbocycles. The van der Waals surface area contributed by atoms with E-state index in [2.05, 4.69) is 0 Å². The number of benzene rings is 5. The Morgan fingerprint density at radius 2 is 0.333 bits per heavy atom. The maximum Gasteiger partial charge on any atom is 0.122 e. The Labute approximate surface area is 256 Å². The third-order valence-electron chi connectivity index (χ3n) is 8.17. The van der Waals surface area contributed by atoms with Gasteiger partial charge < -0.3 is 51.1 Å². The van der Waals surface area contributed by atoms with Gasteiger partial charge in [0.2, 0.25) is 0 Å². The molecule has 6 rings (SSSR count). The summed E-state index contributed by atoms with van der Waals surface area (Å²) in [5, 5.41) is 109. The van der Waals surface area contributed by atoms with Crippen molar-refractivity contribution in [3.8, 4) is 57.5 Å². The standard InChI is InChI=1S/C35H30O10/c36-26-6-16-1-17-7-27(37)9-19(32(17)42)3-21-11-29(39)13-23(34(21)44)5-25-15-30(40)14-24(35(25)45)4-22-12-28(38)10-20(33(22)43)2-18(8-26)31(16)41/h6-15,36-45H,1-5H2. The second-order valence-corrected chi connectivity index (χ2v) is 11.4. The number of aromatic hydroxyl groups is 10. The van der Waals surface area contributed by atoms with Crippen molar-refractivity contribution in [2.75, 3.05) is 0 Å². The molecule has 0 aromatic heterocycles. The van der Waals surface area contributed by atoms with Crippen LogP contribution in [0.15, 0.2) is 60.7 Å². The lowest BCUT2D eigenvalue weighted by atomic mass is 9.91. The summed E-state index contributed by atoms with van der Waals surface area (Å²) in [7, 11) is 0. The zero-order chi connectivity index (χ0) is 32.2. The van der Waals surface area contributed by atoms with Crippen LogP contribution in [0, 0.1) is 0 Å². The van der Waals surface area contributed by atoms with E-state index in [-0.39, 0.29) is 145 Å². The fourth-order valence-corrected chi connectivity index (χ4v) is 6.08. The lowest BCUT2D eigenvalue weighted by Crippen LogP contribution is -2.01. The first-order chi connectivity index (χ1) is 21.4. The molecule has 5 aromatic carbocycles. The number of hydrogen-bond acceptors (Lipinski definition) is 10. The molecule has 10 bridgehead atoms. The van der Waals surface area contributed by atoms with Gasteiger partial charge in [0.1, 0.15) is 57.5 Å². The predicted molar refractivity (Wildman–Crippen MR) is 163 cm³/mol. The summed E-state index contributed by atoms with van der Waals surface area (Å²) in [6, 6.07) is 13.0. The van der Waals surface area contributed by atoms with Crippen LogP contribution in [0.3, 0.4) is 0 Å². The molecule has 0 unspecified atom stereocenters. The van der Waals surface area contributed by atoms with E-state index in [1.807, 2.05) is 0 Å². The number of fused-ring (bicyclic) bond motifs is 10. The minimum atomic E-state index is -0.249. The van der Waals surface area contributed by atoms with Crippen molar-refractivity contribution in [2.45, 2.75) is 32.1 Å². The molecule has 230 valence electrons. The molecule has 0 heterocycles. The first kappa shape index (κ1) is 29.2. The van der Waals surface area contributed by atoms with E-state index in [4.69, 9.17) is 0 Å². The van der Waals surface area contributed by atoms with Gasteiger partial charge in [-0.1, -0.05) is 0 Å². The highest BCUT2D eigenvalue weighted by Crippen LogP contribution is 2.42. The quantitative estimate of drug-likeness (QED) is 0.104. The topological polar surface area (TPSA) is 202 Å². The number of phenolic OH excluding ortho intramolecular Hbond substituents is 10. The molecular formula is C35H30O10. The summed E-state index contributed by atoms with van der Waals surface area (Å²) in [5.74, 6) is -2.31. The van der Waals surface area contributed by atoms with Gasteiger partial charge in [0.25, 0.3) is 0 Å². The summed E-state index contributed by atoms with van der Waals surface area (Å²) in [5.41, 5.74) is 2.00. The first-order valence-corrected chi connectivity index (χ1v) is 14.0. The van der Waals surface area contributed by atoms with Gasteiger partial charge in [-0.2, -0.15) is 0 Å². The van der Waals surface area contributed by atoms with Gasteiger partial charge in [-0.15, -0.1) is 0 Å². The van der Waals surface area contributed by atoms with Gasteiger partial charge in [0, 0.05) is 87.7 Å². The second-order valence-electron chi connectivity index (χ2n) is 11.4. The zero-order valence-corrected chi connectivity index (χ0v) is 23.8. The molecule has 5 aromatic rings. The summed E-state index contributed by atoms with van der Waals surface area (Å²) in [6.45, 7) is 0. The van der Waals surface area contributed by atoms with Crippen LogP contribution in [-0.2, 0) is 32.1 Å². The zero-order valence-electron chi connectivity index (χ0n) is 23.8. The summed E-state index contributed by atoms with van der Waals surface area (Å²) in [6.07, 6.45) is -0.593. The van der Waals surface area contributed by atoms with Crippen molar-refractivity contribution < 1.29 is 51.1 Å². The van der Waals surface area contributed by atoms with E-state index in [0.717, 1.165) is 0 Å². The van der Waals surface area contributed by atoms with E-state index in [1.165, 1.54) is 60.7 Å². The third kappa shape index (κ3) is 5.61. The third-order valence-corrected chi connectivity index (χ3v) is 8.17. The number of hydrogen-bond donors (Lipinski definition) is 10. The minimum Gasteiger partial charge on any atom is -0.508 e. The van der Waals surface area contributed by atoms with E-state index in [9.17, 15) is 51.1 Å². The van der Waals surface area contributed by atoms with E-state index in [0.29, 0.717) is 0 Å². The Hall–Kier alpha value is -5.90. The molecule has 45 heavy (non-hydrogen) atoms. The van der Waals surface area contributed by atoms with E-state index < -0.39 is 0 Å². The highest BCUT2D eigenvalue weighted by atomic mass is 16.3. The molecule has 0 fully saturated rings. The Balaban J connectivity index is 1.60. The average molecular weight is 611 g/mol. The lowest BCUT2D eigenvalue weighted by Gasteiger charge is -2.18. The molecule has 0 spiro atoms. The maximum absolute atomic E-state index is 11.2. The van der Waals surface area contributed by atoms with Crippen LogP contribution in [-0.4, -0.2) is 51.1 Å². The highest BCUT2D eigenvalue weighted by molar-refractivity contribution is 5.59. The monoisotopic (exact) mass is 610 g/mol. The Morgan fingerprint density at radius 3 is 0.444 bits per heavy atom. The number of phenols is 10. The van der Waals surface area contributed by atoms with Crippen molar-refractivity contribution in [2.24, 2.45) is 0 Å². The van der Waals surface area contributed by atoms with Crippen molar-refractivity contribution in [1.29, 1.82) is 0 Å². The summed E-state index contributed by atoms with van der Waals surface area (Å²) >= 11 is 0. The van der Waals surface area contributed by atoms with Crippen molar-refractivity contribution in [3.05, 3.63) is 116 Å². The molecule has 1 aliphatic rings. The summed E-state index contributed by atoms with van der Waals surface area (Å²) in [4.78, 5) is 0. The van der Waals surface area contributed by atoms with Crippen LogP contribution in [0.1, 0.15) is 55.6 Å². The van der Waals surface area contributed by atoms with E-state index in [1.54, 1.807) is 0 Å². The van der Waals surface area contributed by atoms with E-state index >= 15 is 0 Å². The van der Waals surface area contributed by atoms with Gasteiger partial charge in [-0.3, -0.25) is 0 Å². The van der Waals surface area contributed by atoms with Crippen LogP contribution in [0.5, 0.6) is 57.5 Å². The van der Waals surface area contributed by atoms with Crippen LogP contribution >= 0.6 is 0 Å².